The minimum atomic E-state index is 0.0207. The van der Waals surface area contributed by atoms with Crippen molar-refractivity contribution in [3.8, 4) is 23.3 Å². The second-order valence-electron chi connectivity index (χ2n) is 7.26. The van der Waals surface area contributed by atoms with Crippen molar-refractivity contribution in [2.75, 3.05) is 4.90 Å². The van der Waals surface area contributed by atoms with Crippen molar-refractivity contribution in [3.63, 3.8) is 0 Å². The van der Waals surface area contributed by atoms with Crippen LogP contribution in [0.4, 0.5) is 5.82 Å². The number of rotatable bonds is 4. The first-order chi connectivity index (χ1) is 15.3. The third kappa shape index (κ3) is 2.54. The lowest BCUT2D eigenvalue weighted by molar-refractivity contribution is 0.572. The molecular weight excluding hydrogens is 392 g/mol. The molecule has 0 saturated heterocycles. The first-order valence-corrected chi connectivity index (χ1v) is 10.0. The Morgan fingerprint density at radius 1 is 1.03 bits per heavy atom. The normalized spacial score (nSPS) is 16.5. The molecule has 0 radical (unpaired) electrons. The van der Waals surface area contributed by atoms with E-state index in [2.05, 4.69) is 54.1 Å². The van der Waals surface area contributed by atoms with Crippen LogP contribution in [0.1, 0.15) is 31.0 Å². The molecule has 31 heavy (non-hydrogen) atoms. The minimum Gasteiger partial charge on any atom is -0.314 e. The zero-order valence-corrected chi connectivity index (χ0v) is 17.0. The number of fused-ring (bicyclic) bond motifs is 3. The van der Waals surface area contributed by atoms with Gasteiger partial charge in [-0.2, -0.15) is 4.98 Å². The van der Waals surface area contributed by atoms with Gasteiger partial charge in [0.2, 0.25) is 5.95 Å². The van der Waals surface area contributed by atoms with E-state index in [1.807, 2.05) is 30.0 Å². The molecular formula is C21H18N10. The predicted octanol–water partition coefficient (Wildman–Crippen LogP) is 2.73. The van der Waals surface area contributed by atoms with Crippen molar-refractivity contribution in [3.05, 3.63) is 72.6 Å². The number of aromatic nitrogens is 9. The van der Waals surface area contributed by atoms with Gasteiger partial charge in [0.1, 0.15) is 11.5 Å². The van der Waals surface area contributed by atoms with Gasteiger partial charge in [-0.1, -0.05) is 13.0 Å². The van der Waals surface area contributed by atoms with Crippen LogP contribution in [0, 0.1) is 6.92 Å². The predicted molar refractivity (Wildman–Crippen MR) is 113 cm³/mol. The van der Waals surface area contributed by atoms with Crippen LogP contribution in [-0.4, -0.2) is 44.3 Å². The standard InChI is InChI=1S/C21H18N10/c1-3-15-19-28-27-13(2)30(19)16-12-25-21(26-18(16)31(15)14-6-4-7-14)29-11-10-24-20(29)17-22-8-5-9-23-17/h4-12,15H,3H2,1-2H3/t15-/m1/s1. The van der Waals surface area contributed by atoms with Crippen LogP contribution >= 0.6 is 0 Å². The maximum atomic E-state index is 4.98. The largest absolute Gasteiger partial charge is 0.314 e. The Kier molecular flexibility index (Phi) is 3.79. The average Bonchev–Trinajstić information content (AvgIpc) is 3.40. The fourth-order valence-corrected chi connectivity index (χ4v) is 4.02. The Morgan fingerprint density at radius 3 is 2.61 bits per heavy atom. The van der Waals surface area contributed by atoms with Gasteiger partial charge in [0.15, 0.2) is 23.3 Å². The van der Waals surface area contributed by atoms with E-state index in [9.17, 15) is 0 Å². The van der Waals surface area contributed by atoms with Gasteiger partial charge in [-0.25, -0.2) is 19.9 Å². The van der Waals surface area contributed by atoms with Crippen LogP contribution < -0.4 is 4.90 Å². The summed E-state index contributed by atoms with van der Waals surface area (Å²) in [5, 5.41) is 8.78. The lowest BCUT2D eigenvalue weighted by Gasteiger charge is -2.38. The molecule has 152 valence electrons. The topological polar surface area (TPSA) is 103 Å². The maximum absolute atomic E-state index is 4.98. The van der Waals surface area contributed by atoms with Gasteiger partial charge < -0.3 is 4.90 Å². The van der Waals surface area contributed by atoms with Crippen molar-refractivity contribution in [1.82, 2.24) is 44.3 Å². The SMILES string of the molecule is CC[C@@H]1c2nnc(C)n2-c2cnc(-n3ccnc3-c3ncccn3)nc2N1C1=CC=C1. The number of allylic oxidation sites excluding steroid dienone is 3. The summed E-state index contributed by atoms with van der Waals surface area (Å²) in [5.41, 5.74) is 1.94. The number of nitrogens with zero attached hydrogens (tertiary/aromatic N) is 10. The summed E-state index contributed by atoms with van der Waals surface area (Å²) in [5.74, 6) is 4.10. The summed E-state index contributed by atoms with van der Waals surface area (Å²) in [4.78, 5) is 24.9. The van der Waals surface area contributed by atoms with E-state index in [1.54, 1.807) is 29.2 Å². The molecule has 5 heterocycles. The van der Waals surface area contributed by atoms with Crippen molar-refractivity contribution in [2.24, 2.45) is 0 Å². The molecule has 1 atom stereocenters. The quantitative estimate of drug-likeness (QED) is 0.506. The summed E-state index contributed by atoms with van der Waals surface area (Å²) >= 11 is 0. The molecule has 0 saturated carbocycles. The summed E-state index contributed by atoms with van der Waals surface area (Å²) in [7, 11) is 0. The second-order valence-corrected chi connectivity index (χ2v) is 7.26. The Morgan fingerprint density at radius 2 is 1.87 bits per heavy atom. The molecule has 0 aromatic carbocycles. The van der Waals surface area contributed by atoms with E-state index in [-0.39, 0.29) is 6.04 Å². The molecule has 10 nitrogen and oxygen atoms in total. The summed E-state index contributed by atoms with van der Waals surface area (Å²) in [6.07, 6.45) is 15.7. The first kappa shape index (κ1) is 17.6. The molecule has 0 N–H and O–H groups in total. The summed E-state index contributed by atoms with van der Waals surface area (Å²) < 4.78 is 3.84. The Hall–Kier alpha value is -4.21. The highest BCUT2D eigenvalue weighted by molar-refractivity contribution is 5.69. The minimum absolute atomic E-state index is 0.0207. The molecule has 1 aliphatic heterocycles. The molecule has 1 aliphatic carbocycles. The van der Waals surface area contributed by atoms with E-state index in [1.165, 1.54) is 0 Å². The van der Waals surface area contributed by atoms with Gasteiger partial charge >= 0.3 is 0 Å². The van der Waals surface area contributed by atoms with Crippen molar-refractivity contribution < 1.29 is 0 Å². The van der Waals surface area contributed by atoms with Crippen LogP contribution in [0.2, 0.25) is 0 Å². The molecule has 10 heteroatoms. The van der Waals surface area contributed by atoms with E-state index < -0.39 is 0 Å². The average molecular weight is 410 g/mol. The van der Waals surface area contributed by atoms with Crippen LogP contribution in [0.5, 0.6) is 0 Å². The summed E-state index contributed by atoms with van der Waals surface area (Å²) in [6, 6.07) is 1.79. The smallest absolute Gasteiger partial charge is 0.237 e. The molecule has 0 spiro atoms. The number of hydrogen-bond donors (Lipinski definition) is 0. The van der Waals surface area contributed by atoms with Crippen molar-refractivity contribution >= 4 is 5.82 Å². The van der Waals surface area contributed by atoms with E-state index in [0.29, 0.717) is 17.6 Å². The van der Waals surface area contributed by atoms with Gasteiger partial charge in [0.05, 0.1) is 12.2 Å². The van der Waals surface area contributed by atoms with Gasteiger partial charge in [0.25, 0.3) is 0 Å². The highest BCUT2D eigenvalue weighted by Gasteiger charge is 2.37. The van der Waals surface area contributed by atoms with Gasteiger partial charge in [-0.3, -0.25) is 9.13 Å². The Labute approximate surface area is 177 Å². The fraction of sp³-hybridized carbons (Fsp3) is 0.190. The third-order valence-electron chi connectivity index (χ3n) is 5.49. The maximum Gasteiger partial charge on any atom is 0.237 e. The first-order valence-electron chi connectivity index (χ1n) is 10.0. The highest BCUT2D eigenvalue weighted by Crippen LogP contribution is 2.42. The molecule has 4 aromatic rings. The number of anilines is 1. The Bertz CT molecular complexity index is 1350. The third-order valence-corrected chi connectivity index (χ3v) is 5.49. The molecule has 6 rings (SSSR count). The molecule has 0 amide bonds. The Balaban J connectivity index is 1.55. The van der Waals surface area contributed by atoms with Gasteiger partial charge in [-0.05, 0) is 31.6 Å². The molecule has 4 aromatic heterocycles. The van der Waals surface area contributed by atoms with Crippen LogP contribution in [-0.2, 0) is 0 Å². The molecule has 0 fully saturated rings. The summed E-state index contributed by atoms with van der Waals surface area (Å²) in [6.45, 7) is 4.09. The molecule has 0 bridgehead atoms. The van der Waals surface area contributed by atoms with Crippen LogP contribution in [0.25, 0.3) is 23.3 Å². The number of aryl methyl sites for hydroxylation is 1. The lowest BCUT2D eigenvalue weighted by Crippen LogP contribution is -2.36. The second kappa shape index (κ2) is 6.66. The zero-order chi connectivity index (χ0) is 20.9. The molecule has 2 aliphatic rings. The van der Waals surface area contributed by atoms with Crippen LogP contribution in [0.15, 0.2) is 61.0 Å². The fourth-order valence-electron chi connectivity index (χ4n) is 4.02. The van der Waals surface area contributed by atoms with Gasteiger partial charge in [-0.15, -0.1) is 10.2 Å². The number of hydrogen-bond acceptors (Lipinski definition) is 8. The highest BCUT2D eigenvalue weighted by atomic mass is 15.4. The van der Waals surface area contributed by atoms with Crippen molar-refractivity contribution in [1.29, 1.82) is 0 Å². The molecule has 0 unspecified atom stereocenters. The van der Waals surface area contributed by atoms with E-state index in [4.69, 9.17) is 4.98 Å². The van der Waals surface area contributed by atoms with Crippen LogP contribution in [0.3, 0.4) is 0 Å². The monoisotopic (exact) mass is 410 g/mol. The van der Waals surface area contributed by atoms with E-state index >= 15 is 0 Å². The van der Waals surface area contributed by atoms with E-state index in [0.717, 1.165) is 35.3 Å². The van der Waals surface area contributed by atoms with Crippen molar-refractivity contribution in [2.45, 2.75) is 26.3 Å². The van der Waals surface area contributed by atoms with Gasteiger partial charge in [0, 0.05) is 30.5 Å². The zero-order valence-electron chi connectivity index (χ0n) is 17.0. The number of imidazole rings is 1. The lowest BCUT2D eigenvalue weighted by atomic mass is 10.0.